The summed E-state index contributed by atoms with van der Waals surface area (Å²) in [7, 11) is 3.00. The first kappa shape index (κ1) is 9.60. The van der Waals surface area contributed by atoms with E-state index < -0.39 is 6.95 Å². The van der Waals surface area contributed by atoms with E-state index in [1.807, 2.05) is 0 Å². The Morgan fingerprint density at radius 2 is 1.89 bits per heavy atom. The summed E-state index contributed by atoms with van der Waals surface area (Å²) in [5.41, 5.74) is 0.832. The van der Waals surface area contributed by atoms with Gasteiger partial charge >= 0.3 is 60.9 Å². The molecule has 0 heterocycles. The third-order valence-electron chi connectivity index (χ3n) is 1.77. The Balaban J connectivity index is 4.01. The summed E-state index contributed by atoms with van der Waals surface area (Å²) < 4.78 is 0. The molecule has 0 rings (SSSR count). The van der Waals surface area contributed by atoms with Crippen molar-refractivity contribution in [3.05, 3.63) is 11.9 Å². The Bertz CT molecular complexity index is 103. The van der Waals surface area contributed by atoms with Gasteiger partial charge < -0.3 is 0 Å². The van der Waals surface area contributed by atoms with Crippen LogP contribution in [0.15, 0.2) is 11.9 Å². The standard InChI is InChI=1S/C7H18P2/c1-5-6-9(4,8)7(2)3/h5-7,9H,8H2,1-4H3/b6-5-. The van der Waals surface area contributed by atoms with Gasteiger partial charge in [-0.2, -0.15) is 0 Å². The van der Waals surface area contributed by atoms with Crippen molar-refractivity contribution < 1.29 is 0 Å². The van der Waals surface area contributed by atoms with Crippen LogP contribution < -0.4 is 0 Å². The Kier molecular flexibility index (Phi) is 3.94. The van der Waals surface area contributed by atoms with Crippen LogP contribution in [0.3, 0.4) is 0 Å². The molecule has 0 fully saturated rings. The molecule has 0 radical (unpaired) electrons. The molecule has 0 amide bonds. The van der Waals surface area contributed by atoms with Crippen LogP contribution in [0.1, 0.15) is 20.8 Å². The van der Waals surface area contributed by atoms with Gasteiger partial charge in [0, 0.05) is 0 Å². The molecular weight excluding hydrogens is 146 g/mol. The minimum atomic E-state index is -1.04. The number of rotatable bonds is 2. The van der Waals surface area contributed by atoms with Crippen molar-refractivity contribution in [3.63, 3.8) is 0 Å². The fourth-order valence-electron chi connectivity index (χ4n) is 0.552. The Labute approximate surface area is 61.5 Å². The predicted octanol–water partition coefficient (Wildman–Crippen LogP) is 3.10. The van der Waals surface area contributed by atoms with E-state index >= 15 is 0 Å². The maximum absolute atomic E-state index is 3.00. The summed E-state index contributed by atoms with van der Waals surface area (Å²) in [5.74, 6) is 2.36. The number of allylic oxidation sites excluding steroid dienone is 1. The maximum atomic E-state index is 3.00. The molecule has 0 N–H and O–H groups in total. The molecule has 1 unspecified atom stereocenters. The average molecular weight is 164 g/mol. The third kappa shape index (κ3) is 3.33. The monoisotopic (exact) mass is 164 g/mol. The molecule has 0 bridgehead atoms. The quantitative estimate of drug-likeness (QED) is 0.550. The van der Waals surface area contributed by atoms with Gasteiger partial charge in [-0.3, -0.25) is 0 Å². The van der Waals surface area contributed by atoms with Crippen molar-refractivity contribution in [3.8, 4) is 0 Å². The third-order valence-corrected chi connectivity index (χ3v) is 7.89. The van der Waals surface area contributed by atoms with Gasteiger partial charge in [-0.15, -0.1) is 0 Å². The van der Waals surface area contributed by atoms with E-state index in [-0.39, 0.29) is 0 Å². The van der Waals surface area contributed by atoms with Gasteiger partial charge in [0.15, 0.2) is 0 Å². The topological polar surface area (TPSA) is 0 Å². The van der Waals surface area contributed by atoms with E-state index in [1.165, 1.54) is 0 Å². The average Bonchev–Trinajstić information content (AvgIpc) is 1.65. The second-order valence-corrected chi connectivity index (χ2v) is 11.0. The summed E-state index contributed by atoms with van der Waals surface area (Å²) in [4.78, 5) is 0. The molecular formula is C7H18P2. The second kappa shape index (κ2) is 3.69. The SMILES string of the molecule is C/C=C\[PH](C)(P)C(C)C. The van der Waals surface area contributed by atoms with Crippen molar-refractivity contribution in [2.75, 3.05) is 6.66 Å². The van der Waals surface area contributed by atoms with Crippen LogP contribution >= 0.6 is 15.9 Å². The van der Waals surface area contributed by atoms with Gasteiger partial charge in [0.25, 0.3) is 0 Å². The molecule has 0 aromatic rings. The molecule has 0 nitrogen and oxygen atoms in total. The molecule has 9 heavy (non-hydrogen) atoms. The van der Waals surface area contributed by atoms with Crippen molar-refractivity contribution in [2.45, 2.75) is 26.4 Å². The summed E-state index contributed by atoms with van der Waals surface area (Å²) >= 11 is 0. The summed E-state index contributed by atoms with van der Waals surface area (Å²) in [6.07, 6.45) is 2.17. The van der Waals surface area contributed by atoms with Crippen LogP contribution in [-0.2, 0) is 0 Å². The van der Waals surface area contributed by atoms with Crippen LogP contribution in [0, 0.1) is 0 Å². The minimum absolute atomic E-state index is 0.832. The molecule has 0 saturated carbocycles. The summed E-state index contributed by atoms with van der Waals surface area (Å²) in [6, 6.07) is 0. The van der Waals surface area contributed by atoms with Crippen LogP contribution in [0.2, 0.25) is 0 Å². The molecule has 0 aliphatic carbocycles. The van der Waals surface area contributed by atoms with Crippen molar-refractivity contribution in [1.29, 1.82) is 0 Å². The number of hydrogen-bond donors (Lipinski definition) is 0. The molecule has 0 saturated heterocycles. The van der Waals surface area contributed by atoms with E-state index in [1.54, 1.807) is 0 Å². The van der Waals surface area contributed by atoms with Crippen molar-refractivity contribution in [2.24, 2.45) is 0 Å². The molecule has 0 aromatic heterocycles. The van der Waals surface area contributed by atoms with Gasteiger partial charge in [-0.25, -0.2) is 0 Å². The first-order valence-corrected chi connectivity index (χ1v) is 7.90. The van der Waals surface area contributed by atoms with Gasteiger partial charge in [0.05, 0.1) is 0 Å². The van der Waals surface area contributed by atoms with E-state index in [2.05, 4.69) is 48.3 Å². The molecule has 0 aromatic carbocycles. The van der Waals surface area contributed by atoms with Gasteiger partial charge in [-0.1, -0.05) is 0 Å². The van der Waals surface area contributed by atoms with Crippen molar-refractivity contribution >= 4 is 15.9 Å². The van der Waals surface area contributed by atoms with E-state index in [0.29, 0.717) is 0 Å². The first-order valence-electron chi connectivity index (χ1n) is 3.43. The van der Waals surface area contributed by atoms with Gasteiger partial charge in [0.2, 0.25) is 0 Å². The van der Waals surface area contributed by atoms with E-state index in [9.17, 15) is 0 Å². The predicted molar refractivity (Wildman–Crippen MR) is 53.9 cm³/mol. The Morgan fingerprint density at radius 1 is 1.44 bits per heavy atom. The first-order chi connectivity index (χ1) is 4.00. The normalized spacial score (nSPS) is 15.3. The van der Waals surface area contributed by atoms with Crippen LogP contribution in [0.25, 0.3) is 0 Å². The second-order valence-electron chi connectivity index (χ2n) is 3.02. The van der Waals surface area contributed by atoms with Crippen LogP contribution in [0.4, 0.5) is 0 Å². The summed E-state index contributed by atoms with van der Waals surface area (Å²) in [6.45, 7) is 8.00. The van der Waals surface area contributed by atoms with E-state index in [4.69, 9.17) is 0 Å². The van der Waals surface area contributed by atoms with Gasteiger partial charge in [-0.05, 0) is 0 Å². The number of hydrogen-bond acceptors (Lipinski definition) is 0. The van der Waals surface area contributed by atoms with Crippen LogP contribution in [-0.4, -0.2) is 12.3 Å². The fraction of sp³-hybridized carbons (Fsp3) is 0.714. The molecule has 1 atom stereocenters. The zero-order valence-corrected chi connectivity index (χ0v) is 8.96. The van der Waals surface area contributed by atoms with E-state index in [0.717, 1.165) is 5.66 Å². The molecule has 0 aliphatic heterocycles. The fourth-order valence-corrected chi connectivity index (χ4v) is 2.23. The Hall–Kier alpha value is 0.600. The zero-order chi connectivity index (χ0) is 7.49. The molecule has 0 aliphatic rings. The summed E-state index contributed by atoms with van der Waals surface area (Å²) in [5, 5.41) is 0. The molecule has 56 valence electrons. The zero-order valence-electron chi connectivity index (χ0n) is 6.81. The van der Waals surface area contributed by atoms with Gasteiger partial charge in [0.1, 0.15) is 0 Å². The van der Waals surface area contributed by atoms with Crippen LogP contribution in [0.5, 0.6) is 0 Å². The molecule has 0 spiro atoms. The molecule has 2 heteroatoms. The Morgan fingerprint density at radius 3 is 2.00 bits per heavy atom. The van der Waals surface area contributed by atoms with Crippen molar-refractivity contribution in [1.82, 2.24) is 0 Å².